The van der Waals surface area contributed by atoms with Gasteiger partial charge < -0.3 is 4.57 Å². The van der Waals surface area contributed by atoms with Crippen LogP contribution in [0.3, 0.4) is 0 Å². The molecule has 0 radical (unpaired) electrons. The van der Waals surface area contributed by atoms with Gasteiger partial charge in [0.2, 0.25) is 0 Å². The second-order valence-corrected chi connectivity index (χ2v) is 9.21. The van der Waals surface area contributed by atoms with Crippen molar-refractivity contribution in [2.75, 3.05) is 19.6 Å². The molecule has 0 spiro atoms. The minimum atomic E-state index is 0.188. The lowest BCUT2D eigenvalue weighted by Gasteiger charge is -2.57. The van der Waals surface area contributed by atoms with Crippen LogP contribution in [0.5, 0.6) is 0 Å². The molecule has 1 aromatic rings. The predicted molar refractivity (Wildman–Crippen MR) is 96.1 cm³/mol. The monoisotopic (exact) mass is 324 g/mol. The number of fused-ring (bicyclic) bond motifs is 5. The Morgan fingerprint density at radius 1 is 1.17 bits per heavy atom. The zero-order valence-electron chi connectivity index (χ0n) is 14.9. The first-order valence-corrected chi connectivity index (χ1v) is 9.63. The van der Waals surface area contributed by atoms with Crippen molar-refractivity contribution in [2.24, 2.45) is 23.2 Å². The van der Waals surface area contributed by atoms with E-state index in [-0.39, 0.29) is 5.56 Å². The van der Waals surface area contributed by atoms with Crippen molar-refractivity contribution < 1.29 is 0 Å². The highest BCUT2D eigenvalue weighted by Gasteiger charge is 2.51. The van der Waals surface area contributed by atoms with Crippen LogP contribution >= 0.6 is 0 Å². The smallest absolute Gasteiger partial charge is 0.250 e. The van der Waals surface area contributed by atoms with Gasteiger partial charge in [0, 0.05) is 43.9 Å². The molecule has 2 fully saturated rings. The molecule has 4 bridgehead atoms. The van der Waals surface area contributed by atoms with Crippen LogP contribution in [0.25, 0.3) is 0 Å². The number of allylic oxidation sites excluding steroid dienone is 1. The van der Waals surface area contributed by atoms with Crippen molar-refractivity contribution in [3.05, 3.63) is 45.9 Å². The number of aromatic nitrogens is 1. The van der Waals surface area contributed by atoms with Gasteiger partial charge >= 0.3 is 0 Å². The second-order valence-electron chi connectivity index (χ2n) is 9.21. The summed E-state index contributed by atoms with van der Waals surface area (Å²) in [5, 5.41) is 0. The first-order valence-electron chi connectivity index (χ1n) is 9.63. The molecule has 5 aliphatic rings. The third-order valence-corrected chi connectivity index (χ3v) is 7.54. The number of pyridine rings is 1. The van der Waals surface area contributed by atoms with Crippen LogP contribution in [0, 0.1) is 23.2 Å². The Bertz CT molecular complexity index is 759. The third-order valence-electron chi connectivity index (χ3n) is 7.54. The largest absolute Gasteiger partial charge is 0.312 e. The van der Waals surface area contributed by atoms with E-state index in [0.29, 0.717) is 17.3 Å². The fourth-order valence-electron chi connectivity index (χ4n) is 6.04. The summed E-state index contributed by atoms with van der Waals surface area (Å²) in [5.41, 5.74) is 3.68. The van der Waals surface area contributed by atoms with Crippen LogP contribution < -0.4 is 5.56 Å². The molecule has 24 heavy (non-hydrogen) atoms. The minimum Gasteiger partial charge on any atom is -0.312 e. The molecule has 2 aliphatic heterocycles. The van der Waals surface area contributed by atoms with Gasteiger partial charge in [0.05, 0.1) is 0 Å². The lowest BCUT2D eigenvalue weighted by atomic mass is 9.49. The maximum atomic E-state index is 12.2. The van der Waals surface area contributed by atoms with E-state index in [1.54, 1.807) is 11.6 Å². The van der Waals surface area contributed by atoms with Gasteiger partial charge in [0.15, 0.2) is 0 Å². The summed E-state index contributed by atoms with van der Waals surface area (Å²) in [5.74, 6) is 2.92. The summed E-state index contributed by atoms with van der Waals surface area (Å²) in [6, 6.07) is 5.82. The summed E-state index contributed by atoms with van der Waals surface area (Å²) in [6.07, 6.45) is 6.51. The molecule has 1 saturated carbocycles. The molecule has 1 saturated heterocycles. The van der Waals surface area contributed by atoms with E-state index >= 15 is 0 Å². The third kappa shape index (κ3) is 2.10. The van der Waals surface area contributed by atoms with E-state index in [1.165, 1.54) is 25.0 Å². The Morgan fingerprint density at radius 3 is 2.83 bits per heavy atom. The SMILES string of the molecule is CC1(C)[C@@H]2CC=C(CN3C[C@@H]4C[C@@H](C3)c3cccc(=O)n3C4)[C@@H]1C2. The molecular formula is C21H28N2O. The van der Waals surface area contributed by atoms with Crippen molar-refractivity contribution in [3.63, 3.8) is 0 Å². The Morgan fingerprint density at radius 2 is 2.04 bits per heavy atom. The van der Waals surface area contributed by atoms with Gasteiger partial charge in [-0.15, -0.1) is 0 Å². The fourth-order valence-corrected chi connectivity index (χ4v) is 6.04. The fraction of sp³-hybridized carbons (Fsp3) is 0.667. The van der Waals surface area contributed by atoms with E-state index in [0.717, 1.165) is 38.0 Å². The summed E-state index contributed by atoms with van der Waals surface area (Å²) < 4.78 is 2.04. The topological polar surface area (TPSA) is 25.2 Å². The summed E-state index contributed by atoms with van der Waals surface area (Å²) in [6.45, 7) is 9.28. The maximum absolute atomic E-state index is 12.2. The highest BCUT2D eigenvalue weighted by atomic mass is 16.1. The first-order chi connectivity index (χ1) is 11.5. The van der Waals surface area contributed by atoms with Crippen LogP contribution in [0.2, 0.25) is 0 Å². The lowest BCUT2D eigenvalue weighted by Crippen LogP contribution is -2.52. The van der Waals surface area contributed by atoms with Gasteiger partial charge in [-0.05, 0) is 48.5 Å². The normalized spacial score (nSPS) is 36.5. The standard InChI is InChI=1S/C21H28N2O/c1-21(2)17-7-6-15(18(21)9-17)12-22-10-14-8-16(13-22)19-4-3-5-20(24)23(19)11-14/h3-6,14,16-18H,7-13H2,1-2H3/t14-,16-,17+,18-/m0/s1. The number of likely N-dealkylation sites (tertiary alicyclic amines) is 1. The van der Waals surface area contributed by atoms with E-state index in [9.17, 15) is 4.79 Å². The predicted octanol–water partition coefficient (Wildman–Crippen LogP) is 3.26. The zero-order valence-corrected chi connectivity index (χ0v) is 14.9. The Hall–Kier alpha value is -1.35. The molecule has 6 rings (SSSR count). The molecule has 128 valence electrons. The minimum absolute atomic E-state index is 0.188. The summed E-state index contributed by atoms with van der Waals surface area (Å²) >= 11 is 0. The van der Waals surface area contributed by atoms with E-state index in [1.807, 2.05) is 10.6 Å². The van der Waals surface area contributed by atoms with Crippen molar-refractivity contribution in [2.45, 2.75) is 45.6 Å². The van der Waals surface area contributed by atoms with Crippen LogP contribution in [0.1, 0.15) is 44.7 Å². The highest BCUT2D eigenvalue weighted by Crippen LogP contribution is 2.59. The van der Waals surface area contributed by atoms with Gasteiger partial charge in [-0.3, -0.25) is 9.69 Å². The van der Waals surface area contributed by atoms with E-state index in [2.05, 4.69) is 30.9 Å². The van der Waals surface area contributed by atoms with Crippen LogP contribution in [0.4, 0.5) is 0 Å². The average molecular weight is 324 g/mol. The molecule has 0 amide bonds. The number of nitrogens with zero attached hydrogens (tertiary/aromatic N) is 2. The van der Waals surface area contributed by atoms with Gasteiger partial charge in [-0.25, -0.2) is 0 Å². The van der Waals surface area contributed by atoms with Crippen molar-refractivity contribution >= 4 is 0 Å². The average Bonchev–Trinajstić information content (AvgIpc) is 2.56. The van der Waals surface area contributed by atoms with Gasteiger partial charge in [-0.1, -0.05) is 31.6 Å². The molecule has 3 heteroatoms. The van der Waals surface area contributed by atoms with Crippen LogP contribution in [0.15, 0.2) is 34.6 Å². The van der Waals surface area contributed by atoms with Crippen molar-refractivity contribution in [1.29, 1.82) is 0 Å². The summed E-state index contributed by atoms with van der Waals surface area (Å²) in [4.78, 5) is 14.8. The summed E-state index contributed by atoms with van der Waals surface area (Å²) in [7, 11) is 0. The molecule has 0 aromatic carbocycles. The molecule has 0 N–H and O–H groups in total. The number of piperidine rings is 1. The maximum Gasteiger partial charge on any atom is 0.250 e. The number of hydrogen-bond donors (Lipinski definition) is 0. The molecule has 1 aromatic heterocycles. The zero-order chi connectivity index (χ0) is 16.5. The molecular weight excluding hydrogens is 296 g/mol. The Labute approximate surface area is 144 Å². The van der Waals surface area contributed by atoms with Crippen LogP contribution in [-0.2, 0) is 6.54 Å². The first kappa shape index (κ1) is 14.9. The lowest BCUT2D eigenvalue weighted by molar-refractivity contribution is -0.0127. The van der Waals surface area contributed by atoms with Crippen LogP contribution in [-0.4, -0.2) is 29.1 Å². The number of hydrogen-bond acceptors (Lipinski definition) is 2. The Balaban J connectivity index is 1.36. The Kier molecular flexibility index (Phi) is 3.16. The second kappa shape index (κ2) is 5.08. The van der Waals surface area contributed by atoms with E-state index < -0.39 is 0 Å². The molecule has 3 aliphatic carbocycles. The van der Waals surface area contributed by atoms with Gasteiger partial charge in [0.1, 0.15) is 0 Å². The van der Waals surface area contributed by atoms with Crippen molar-refractivity contribution in [1.82, 2.24) is 9.47 Å². The highest BCUT2D eigenvalue weighted by molar-refractivity contribution is 5.25. The molecule has 3 nitrogen and oxygen atoms in total. The van der Waals surface area contributed by atoms with Gasteiger partial charge in [-0.2, -0.15) is 0 Å². The number of rotatable bonds is 2. The molecule has 3 heterocycles. The molecule has 4 atom stereocenters. The van der Waals surface area contributed by atoms with Gasteiger partial charge in [0.25, 0.3) is 5.56 Å². The van der Waals surface area contributed by atoms with Crippen molar-refractivity contribution in [3.8, 4) is 0 Å². The van der Waals surface area contributed by atoms with E-state index in [4.69, 9.17) is 0 Å². The quantitative estimate of drug-likeness (QED) is 0.780. The molecule has 0 unspecified atom stereocenters.